The van der Waals surface area contributed by atoms with Crippen LogP contribution in [0.25, 0.3) is 0 Å². The lowest BCUT2D eigenvalue weighted by atomic mass is 9.92. The maximum absolute atomic E-state index is 9.83. The van der Waals surface area contributed by atoms with Gasteiger partial charge in [-0.05, 0) is 31.0 Å². The first-order chi connectivity index (χ1) is 7.79. The fraction of sp³-hybridized carbons (Fsp3) is 0.462. The van der Waals surface area contributed by atoms with E-state index < -0.39 is 0 Å². The molecule has 0 bridgehead atoms. The minimum absolute atomic E-state index is 0.127. The van der Waals surface area contributed by atoms with Crippen LogP contribution < -0.4 is 5.32 Å². The zero-order chi connectivity index (χ0) is 11.4. The molecule has 1 aliphatic rings. The Bertz CT molecular complexity index is 397. The molecule has 1 saturated carbocycles. The van der Waals surface area contributed by atoms with E-state index in [9.17, 15) is 5.11 Å². The van der Waals surface area contributed by atoms with Gasteiger partial charge in [0.15, 0.2) is 0 Å². The summed E-state index contributed by atoms with van der Waals surface area (Å²) in [6.45, 7) is 0. The molecule has 0 aromatic heterocycles. The fourth-order valence-electron chi connectivity index (χ4n) is 2.17. The summed E-state index contributed by atoms with van der Waals surface area (Å²) in [6, 6.07) is 9.63. The molecule has 1 aromatic rings. The van der Waals surface area contributed by atoms with Gasteiger partial charge >= 0.3 is 0 Å². The normalized spacial score (nSPS) is 24.8. The SMILES string of the molecule is N#Cc1cccc(NC2CCCCC2O)c1. The number of anilines is 1. The molecule has 0 heterocycles. The highest BCUT2D eigenvalue weighted by Gasteiger charge is 2.22. The van der Waals surface area contributed by atoms with Crippen molar-refractivity contribution in [3.63, 3.8) is 0 Å². The summed E-state index contributed by atoms with van der Waals surface area (Å²) in [5, 5.41) is 21.9. The molecule has 0 spiro atoms. The van der Waals surface area contributed by atoms with Gasteiger partial charge in [-0.2, -0.15) is 5.26 Å². The highest BCUT2D eigenvalue weighted by molar-refractivity contribution is 5.49. The van der Waals surface area contributed by atoms with Gasteiger partial charge in [0, 0.05) is 5.69 Å². The van der Waals surface area contributed by atoms with Crippen molar-refractivity contribution in [2.45, 2.75) is 37.8 Å². The molecule has 2 rings (SSSR count). The molecule has 84 valence electrons. The molecule has 0 aliphatic heterocycles. The minimum atomic E-state index is -0.264. The Morgan fingerprint density at radius 3 is 2.88 bits per heavy atom. The van der Waals surface area contributed by atoms with Gasteiger partial charge in [-0.25, -0.2) is 0 Å². The standard InChI is InChI=1S/C13H16N2O/c14-9-10-4-3-5-11(8-10)15-12-6-1-2-7-13(12)16/h3-5,8,12-13,15-16H,1-2,6-7H2. The number of nitrogens with one attached hydrogen (secondary N) is 1. The van der Waals surface area contributed by atoms with Crippen LogP contribution in [0, 0.1) is 11.3 Å². The molecule has 1 aliphatic carbocycles. The van der Waals surface area contributed by atoms with Crippen LogP contribution >= 0.6 is 0 Å². The van der Waals surface area contributed by atoms with Crippen LogP contribution in [0.3, 0.4) is 0 Å². The highest BCUT2D eigenvalue weighted by Crippen LogP contribution is 2.22. The van der Waals surface area contributed by atoms with E-state index in [-0.39, 0.29) is 12.1 Å². The van der Waals surface area contributed by atoms with Crippen molar-refractivity contribution in [3.8, 4) is 6.07 Å². The quantitative estimate of drug-likeness (QED) is 0.797. The van der Waals surface area contributed by atoms with Gasteiger partial charge in [-0.1, -0.05) is 18.9 Å². The van der Waals surface area contributed by atoms with E-state index in [2.05, 4.69) is 11.4 Å². The fourth-order valence-corrected chi connectivity index (χ4v) is 2.17. The van der Waals surface area contributed by atoms with Gasteiger partial charge in [0.2, 0.25) is 0 Å². The third kappa shape index (κ3) is 2.53. The zero-order valence-electron chi connectivity index (χ0n) is 9.19. The van der Waals surface area contributed by atoms with E-state index in [1.165, 1.54) is 0 Å². The van der Waals surface area contributed by atoms with Crippen molar-refractivity contribution >= 4 is 5.69 Å². The average molecular weight is 216 g/mol. The minimum Gasteiger partial charge on any atom is -0.391 e. The van der Waals surface area contributed by atoms with Crippen LogP contribution in [-0.4, -0.2) is 17.3 Å². The lowest BCUT2D eigenvalue weighted by Gasteiger charge is -2.29. The zero-order valence-corrected chi connectivity index (χ0v) is 9.19. The van der Waals surface area contributed by atoms with Crippen LogP contribution in [0.5, 0.6) is 0 Å². The highest BCUT2D eigenvalue weighted by atomic mass is 16.3. The molecular weight excluding hydrogens is 200 g/mol. The second-order valence-electron chi connectivity index (χ2n) is 4.30. The largest absolute Gasteiger partial charge is 0.391 e. The number of benzene rings is 1. The van der Waals surface area contributed by atoms with Crippen LogP contribution in [0.4, 0.5) is 5.69 Å². The van der Waals surface area contributed by atoms with Crippen LogP contribution in [0.1, 0.15) is 31.2 Å². The summed E-state index contributed by atoms with van der Waals surface area (Å²) in [4.78, 5) is 0. The summed E-state index contributed by atoms with van der Waals surface area (Å²) in [5.74, 6) is 0. The maximum Gasteiger partial charge on any atom is 0.0992 e. The van der Waals surface area contributed by atoms with Gasteiger partial charge < -0.3 is 10.4 Å². The molecule has 16 heavy (non-hydrogen) atoms. The van der Waals surface area contributed by atoms with E-state index in [4.69, 9.17) is 5.26 Å². The van der Waals surface area contributed by atoms with Gasteiger partial charge in [-0.3, -0.25) is 0 Å². The van der Waals surface area contributed by atoms with E-state index in [0.717, 1.165) is 31.4 Å². The number of hydrogen-bond donors (Lipinski definition) is 2. The summed E-state index contributed by atoms with van der Waals surface area (Å²) in [5.41, 5.74) is 1.57. The first-order valence-corrected chi connectivity index (χ1v) is 5.74. The van der Waals surface area contributed by atoms with Crippen molar-refractivity contribution in [2.24, 2.45) is 0 Å². The Morgan fingerprint density at radius 1 is 1.31 bits per heavy atom. The van der Waals surface area contributed by atoms with E-state index in [1.807, 2.05) is 18.2 Å². The summed E-state index contributed by atoms with van der Waals surface area (Å²) < 4.78 is 0. The van der Waals surface area contributed by atoms with Crippen molar-refractivity contribution in [1.82, 2.24) is 0 Å². The third-order valence-electron chi connectivity index (χ3n) is 3.07. The van der Waals surface area contributed by atoms with Gasteiger partial charge in [-0.15, -0.1) is 0 Å². The smallest absolute Gasteiger partial charge is 0.0992 e. The van der Waals surface area contributed by atoms with E-state index in [1.54, 1.807) is 6.07 Å². The molecule has 2 unspecified atom stereocenters. The Balaban J connectivity index is 2.05. The molecule has 0 amide bonds. The Labute approximate surface area is 95.7 Å². The Hall–Kier alpha value is -1.53. The summed E-state index contributed by atoms with van der Waals surface area (Å²) in [7, 11) is 0. The molecule has 2 atom stereocenters. The predicted molar refractivity (Wildman–Crippen MR) is 63.0 cm³/mol. The monoisotopic (exact) mass is 216 g/mol. The van der Waals surface area contributed by atoms with Crippen LogP contribution in [0.2, 0.25) is 0 Å². The van der Waals surface area contributed by atoms with Crippen molar-refractivity contribution in [1.29, 1.82) is 5.26 Å². The average Bonchev–Trinajstić information content (AvgIpc) is 2.32. The number of aliphatic hydroxyl groups excluding tert-OH is 1. The molecule has 2 N–H and O–H groups in total. The van der Waals surface area contributed by atoms with Crippen LogP contribution in [-0.2, 0) is 0 Å². The second-order valence-corrected chi connectivity index (χ2v) is 4.30. The molecule has 0 saturated heterocycles. The third-order valence-corrected chi connectivity index (χ3v) is 3.07. The molecule has 0 radical (unpaired) electrons. The number of rotatable bonds is 2. The van der Waals surface area contributed by atoms with Crippen molar-refractivity contribution < 1.29 is 5.11 Å². The van der Waals surface area contributed by atoms with Crippen LogP contribution in [0.15, 0.2) is 24.3 Å². The number of nitriles is 1. The molecule has 3 nitrogen and oxygen atoms in total. The topological polar surface area (TPSA) is 56.0 Å². The molecule has 3 heteroatoms. The number of nitrogens with zero attached hydrogens (tertiary/aromatic N) is 1. The Kier molecular flexibility index (Phi) is 3.43. The molecule has 1 fully saturated rings. The second kappa shape index (κ2) is 5.00. The number of hydrogen-bond acceptors (Lipinski definition) is 3. The van der Waals surface area contributed by atoms with Gasteiger partial charge in [0.05, 0.1) is 23.8 Å². The molecular formula is C13H16N2O. The summed E-state index contributed by atoms with van der Waals surface area (Å²) in [6.07, 6.45) is 3.87. The Morgan fingerprint density at radius 2 is 2.12 bits per heavy atom. The van der Waals surface area contributed by atoms with Gasteiger partial charge in [0.1, 0.15) is 0 Å². The van der Waals surface area contributed by atoms with Crippen molar-refractivity contribution in [2.75, 3.05) is 5.32 Å². The van der Waals surface area contributed by atoms with Gasteiger partial charge in [0.25, 0.3) is 0 Å². The van der Waals surface area contributed by atoms with E-state index in [0.29, 0.717) is 5.56 Å². The first kappa shape index (κ1) is 11.0. The lowest BCUT2D eigenvalue weighted by Crippen LogP contribution is -2.36. The van der Waals surface area contributed by atoms with Crippen molar-refractivity contribution in [3.05, 3.63) is 29.8 Å². The first-order valence-electron chi connectivity index (χ1n) is 5.74. The molecule has 1 aromatic carbocycles. The predicted octanol–water partition coefficient (Wildman–Crippen LogP) is 2.27. The maximum atomic E-state index is 9.83. The lowest BCUT2D eigenvalue weighted by molar-refractivity contribution is 0.116. The summed E-state index contributed by atoms with van der Waals surface area (Å²) >= 11 is 0. The number of aliphatic hydroxyl groups is 1. The van der Waals surface area contributed by atoms with E-state index >= 15 is 0 Å².